The van der Waals surface area contributed by atoms with Gasteiger partial charge >= 0.3 is 0 Å². The van der Waals surface area contributed by atoms with Crippen molar-refractivity contribution in [2.75, 3.05) is 20.1 Å². The van der Waals surface area contributed by atoms with Crippen molar-refractivity contribution in [2.24, 2.45) is 16.3 Å². The highest BCUT2D eigenvalue weighted by molar-refractivity contribution is 5.81. The molecule has 1 aliphatic rings. The molecule has 0 aromatic carbocycles. The lowest BCUT2D eigenvalue weighted by atomic mass is 9.75. The van der Waals surface area contributed by atoms with Crippen molar-refractivity contribution in [3.63, 3.8) is 0 Å². The zero-order valence-corrected chi connectivity index (χ0v) is 14.1. The maximum atomic E-state index is 4.76. The Morgan fingerprint density at radius 3 is 2.70 bits per heavy atom. The molecule has 2 atom stereocenters. The SMILES string of the molecule is C=C(CN=C(C)CCC)C1(CCC)CCC(CNC)C1. The van der Waals surface area contributed by atoms with Crippen LogP contribution in [0.15, 0.2) is 17.1 Å². The van der Waals surface area contributed by atoms with E-state index in [1.807, 2.05) is 0 Å². The topological polar surface area (TPSA) is 24.4 Å². The smallest absolute Gasteiger partial charge is 0.0601 e. The predicted octanol–water partition coefficient (Wildman–Crippen LogP) is 4.61. The maximum absolute atomic E-state index is 4.76. The van der Waals surface area contributed by atoms with E-state index in [0.717, 1.165) is 25.4 Å². The standard InChI is InChI=1S/C18H34N2/c1-6-8-16(4)20-13-15(3)18(10-7-2)11-9-17(12-18)14-19-5/h17,19H,3,6-14H2,1-2,4-5H3. The molecule has 0 aromatic heterocycles. The van der Waals surface area contributed by atoms with Crippen molar-refractivity contribution in [3.8, 4) is 0 Å². The van der Waals surface area contributed by atoms with E-state index < -0.39 is 0 Å². The van der Waals surface area contributed by atoms with Gasteiger partial charge in [0.15, 0.2) is 0 Å². The average Bonchev–Trinajstić information content (AvgIpc) is 2.82. The largest absolute Gasteiger partial charge is 0.319 e. The second-order valence-corrected chi connectivity index (χ2v) is 6.60. The molecule has 1 saturated carbocycles. The minimum absolute atomic E-state index is 0.367. The van der Waals surface area contributed by atoms with Crippen LogP contribution in [0.4, 0.5) is 0 Å². The minimum Gasteiger partial charge on any atom is -0.319 e. The maximum Gasteiger partial charge on any atom is 0.0601 e. The van der Waals surface area contributed by atoms with Gasteiger partial charge in [-0.1, -0.05) is 33.3 Å². The first kappa shape index (κ1) is 17.4. The summed E-state index contributed by atoms with van der Waals surface area (Å²) in [4.78, 5) is 4.76. The molecule has 0 amide bonds. The highest BCUT2D eigenvalue weighted by atomic mass is 14.8. The molecule has 0 radical (unpaired) electrons. The fraction of sp³-hybridized carbons (Fsp3) is 0.833. The van der Waals surface area contributed by atoms with Crippen LogP contribution < -0.4 is 5.32 Å². The fourth-order valence-electron chi connectivity index (χ4n) is 3.74. The number of nitrogens with one attached hydrogen (secondary N) is 1. The lowest BCUT2D eigenvalue weighted by molar-refractivity contribution is 0.314. The quantitative estimate of drug-likeness (QED) is 0.483. The third-order valence-electron chi connectivity index (χ3n) is 4.83. The van der Waals surface area contributed by atoms with Crippen molar-refractivity contribution < 1.29 is 0 Å². The first-order valence-corrected chi connectivity index (χ1v) is 8.40. The molecule has 0 aromatic rings. The number of nitrogens with zero attached hydrogens (tertiary/aromatic N) is 1. The normalized spacial score (nSPS) is 27.0. The Morgan fingerprint density at radius 1 is 1.35 bits per heavy atom. The van der Waals surface area contributed by atoms with E-state index in [2.05, 4.69) is 39.7 Å². The lowest BCUT2D eigenvalue weighted by Crippen LogP contribution is -2.24. The molecular weight excluding hydrogens is 244 g/mol. The van der Waals surface area contributed by atoms with Gasteiger partial charge in [0.25, 0.3) is 0 Å². The Morgan fingerprint density at radius 2 is 2.10 bits per heavy atom. The molecule has 1 N–H and O–H groups in total. The number of hydrogen-bond donors (Lipinski definition) is 1. The summed E-state index contributed by atoms with van der Waals surface area (Å²) in [5.74, 6) is 0.823. The second kappa shape index (κ2) is 8.61. The summed E-state index contributed by atoms with van der Waals surface area (Å²) in [7, 11) is 2.06. The second-order valence-electron chi connectivity index (χ2n) is 6.60. The molecule has 0 heterocycles. The van der Waals surface area contributed by atoms with Crippen LogP contribution in [0, 0.1) is 11.3 Å². The summed E-state index contributed by atoms with van der Waals surface area (Å²) in [6.45, 7) is 13.1. The van der Waals surface area contributed by atoms with Crippen LogP contribution in [0.5, 0.6) is 0 Å². The lowest BCUT2D eigenvalue weighted by Gasteiger charge is -2.31. The highest BCUT2D eigenvalue weighted by Crippen LogP contribution is 2.49. The van der Waals surface area contributed by atoms with Crippen molar-refractivity contribution in [2.45, 2.75) is 65.7 Å². The molecule has 0 aliphatic heterocycles. The molecule has 1 fully saturated rings. The van der Waals surface area contributed by atoms with E-state index in [0.29, 0.717) is 5.41 Å². The van der Waals surface area contributed by atoms with Crippen molar-refractivity contribution in [3.05, 3.63) is 12.2 Å². The summed E-state index contributed by atoms with van der Waals surface area (Å²) in [5, 5.41) is 3.34. The third kappa shape index (κ3) is 4.73. The van der Waals surface area contributed by atoms with Crippen LogP contribution in [0.2, 0.25) is 0 Å². The van der Waals surface area contributed by atoms with E-state index in [-0.39, 0.29) is 0 Å². The van der Waals surface area contributed by atoms with Crippen LogP contribution >= 0.6 is 0 Å². The third-order valence-corrected chi connectivity index (χ3v) is 4.83. The monoisotopic (exact) mass is 278 g/mol. The fourth-order valence-corrected chi connectivity index (χ4v) is 3.74. The zero-order valence-electron chi connectivity index (χ0n) is 14.1. The summed E-state index contributed by atoms with van der Waals surface area (Å²) < 4.78 is 0. The van der Waals surface area contributed by atoms with Gasteiger partial charge in [-0.3, -0.25) is 4.99 Å². The molecule has 20 heavy (non-hydrogen) atoms. The highest BCUT2D eigenvalue weighted by Gasteiger charge is 2.39. The van der Waals surface area contributed by atoms with Crippen molar-refractivity contribution in [1.82, 2.24) is 5.32 Å². The van der Waals surface area contributed by atoms with Gasteiger partial charge < -0.3 is 5.32 Å². The Labute approximate surface area is 126 Å². The molecule has 0 saturated heterocycles. The van der Waals surface area contributed by atoms with Gasteiger partial charge in [-0.25, -0.2) is 0 Å². The molecule has 1 rings (SSSR count). The van der Waals surface area contributed by atoms with Crippen molar-refractivity contribution in [1.29, 1.82) is 0 Å². The van der Waals surface area contributed by atoms with Gasteiger partial charge in [0.1, 0.15) is 0 Å². The first-order chi connectivity index (χ1) is 9.57. The molecule has 116 valence electrons. The van der Waals surface area contributed by atoms with Gasteiger partial charge in [0, 0.05) is 5.71 Å². The van der Waals surface area contributed by atoms with Crippen LogP contribution in [-0.2, 0) is 0 Å². The Balaban J connectivity index is 2.66. The van der Waals surface area contributed by atoms with E-state index >= 15 is 0 Å². The molecule has 2 unspecified atom stereocenters. The van der Waals surface area contributed by atoms with Crippen LogP contribution in [0.1, 0.15) is 65.7 Å². The summed E-state index contributed by atoms with van der Waals surface area (Å²) in [6, 6.07) is 0. The summed E-state index contributed by atoms with van der Waals surface area (Å²) >= 11 is 0. The van der Waals surface area contributed by atoms with Crippen LogP contribution in [-0.4, -0.2) is 25.8 Å². The number of hydrogen-bond acceptors (Lipinski definition) is 2. The first-order valence-electron chi connectivity index (χ1n) is 8.40. The van der Waals surface area contributed by atoms with Crippen LogP contribution in [0.25, 0.3) is 0 Å². The number of aliphatic imine (C=N–C) groups is 1. The number of rotatable bonds is 9. The van der Waals surface area contributed by atoms with Gasteiger partial charge in [-0.15, -0.1) is 0 Å². The van der Waals surface area contributed by atoms with Gasteiger partial charge in [0.05, 0.1) is 6.54 Å². The summed E-state index contributed by atoms with van der Waals surface area (Å²) in [6.07, 6.45) is 8.81. The van der Waals surface area contributed by atoms with E-state index in [9.17, 15) is 0 Å². The molecule has 0 bridgehead atoms. The van der Waals surface area contributed by atoms with E-state index in [1.54, 1.807) is 0 Å². The van der Waals surface area contributed by atoms with Gasteiger partial charge in [0.2, 0.25) is 0 Å². The zero-order chi connectivity index (χ0) is 15.0. The van der Waals surface area contributed by atoms with Gasteiger partial charge in [-0.05, 0) is 69.5 Å². The summed E-state index contributed by atoms with van der Waals surface area (Å²) in [5.41, 5.74) is 3.03. The molecule has 2 heteroatoms. The van der Waals surface area contributed by atoms with Gasteiger partial charge in [-0.2, -0.15) is 0 Å². The molecular formula is C18H34N2. The average molecular weight is 278 g/mol. The van der Waals surface area contributed by atoms with Crippen molar-refractivity contribution >= 4 is 5.71 Å². The molecule has 2 nitrogen and oxygen atoms in total. The molecule has 0 spiro atoms. The Hall–Kier alpha value is -0.630. The Bertz CT molecular complexity index is 332. The molecule has 1 aliphatic carbocycles. The van der Waals surface area contributed by atoms with E-state index in [1.165, 1.54) is 49.8 Å². The van der Waals surface area contributed by atoms with E-state index in [4.69, 9.17) is 4.99 Å². The minimum atomic E-state index is 0.367. The Kier molecular flexibility index (Phi) is 7.50. The van der Waals surface area contributed by atoms with Crippen LogP contribution in [0.3, 0.4) is 0 Å². The predicted molar refractivity (Wildman–Crippen MR) is 90.6 cm³/mol.